The minimum absolute atomic E-state index is 0.000173. The number of rotatable bonds is 4. The lowest BCUT2D eigenvalue weighted by Crippen LogP contribution is -2.48. The van der Waals surface area contributed by atoms with E-state index < -0.39 is 0 Å². The fraction of sp³-hybridized carbons (Fsp3) is 0.647. The van der Waals surface area contributed by atoms with Gasteiger partial charge in [-0.05, 0) is 50.2 Å². The summed E-state index contributed by atoms with van der Waals surface area (Å²) < 4.78 is 13.8. The van der Waals surface area contributed by atoms with E-state index in [0.29, 0.717) is 24.8 Å². The highest BCUT2D eigenvalue weighted by atomic mass is 19.1. The number of aromatic nitrogens is 1. The van der Waals surface area contributed by atoms with Crippen molar-refractivity contribution in [3.63, 3.8) is 0 Å². The molecule has 1 aromatic rings. The van der Waals surface area contributed by atoms with Gasteiger partial charge in [0.2, 0.25) is 0 Å². The third-order valence-corrected chi connectivity index (χ3v) is 5.00. The summed E-state index contributed by atoms with van der Waals surface area (Å²) >= 11 is 0. The number of aliphatic hydroxyl groups is 1. The molecule has 1 atom stereocenters. The number of pyridine rings is 1. The molecular weight excluding hydrogens is 311 g/mol. The van der Waals surface area contributed by atoms with Gasteiger partial charge in [-0.2, -0.15) is 0 Å². The van der Waals surface area contributed by atoms with Crippen molar-refractivity contribution < 1.29 is 14.3 Å². The highest BCUT2D eigenvalue weighted by Crippen LogP contribution is 2.24. The Labute approximate surface area is 141 Å². The molecule has 7 heteroatoms. The van der Waals surface area contributed by atoms with E-state index in [2.05, 4.69) is 15.6 Å². The summed E-state index contributed by atoms with van der Waals surface area (Å²) in [5.41, 5.74) is 0. The summed E-state index contributed by atoms with van der Waals surface area (Å²) in [6.07, 6.45) is 6.09. The van der Waals surface area contributed by atoms with Gasteiger partial charge in [-0.15, -0.1) is 0 Å². The van der Waals surface area contributed by atoms with E-state index >= 15 is 0 Å². The third kappa shape index (κ3) is 4.14. The molecule has 2 amide bonds. The van der Waals surface area contributed by atoms with Crippen molar-refractivity contribution in [3.8, 4) is 0 Å². The van der Waals surface area contributed by atoms with Gasteiger partial charge in [-0.1, -0.05) is 0 Å². The van der Waals surface area contributed by atoms with Crippen LogP contribution in [0.4, 0.5) is 15.0 Å². The standard InChI is InChI=1S/C17H25FN4O2/c18-15-2-1-8-19-16(15)22-9-7-14(10-22)21-17(24)20-13-5-3-12(11-23)4-6-13/h1-2,8,12-14,23H,3-7,9-11H2,(H2,20,21,24). The van der Waals surface area contributed by atoms with Crippen LogP contribution >= 0.6 is 0 Å². The molecule has 6 nitrogen and oxygen atoms in total. The van der Waals surface area contributed by atoms with Crippen molar-refractivity contribution in [3.05, 3.63) is 24.1 Å². The minimum Gasteiger partial charge on any atom is -0.396 e. The van der Waals surface area contributed by atoms with Crippen molar-refractivity contribution in [2.24, 2.45) is 5.92 Å². The van der Waals surface area contributed by atoms with E-state index in [4.69, 9.17) is 5.11 Å². The SMILES string of the molecule is O=C(NC1CCC(CO)CC1)NC1CCN(c2ncccc2F)C1. The normalized spacial score (nSPS) is 27.1. The van der Waals surface area contributed by atoms with Crippen LogP contribution < -0.4 is 15.5 Å². The Morgan fingerprint density at radius 1 is 1.25 bits per heavy atom. The summed E-state index contributed by atoms with van der Waals surface area (Å²) in [5.74, 6) is 0.399. The Balaban J connectivity index is 1.44. The molecule has 3 rings (SSSR count). The first kappa shape index (κ1) is 17.0. The molecule has 0 spiro atoms. The van der Waals surface area contributed by atoms with Crippen molar-refractivity contribution in [1.29, 1.82) is 0 Å². The molecule has 0 radical (unpaired) electrons. The van der Waals surface area contributed by atoms with Gasteiger partial charge in [0.1, 0.15) is 0 Å². The van der Waals surface area contributed by atoms with E-state index in [1.165, 1.54) is 6.07 Å². The number of urea groups is 1. The summed E-state index contributed by atoms with van der Waals surface area (Å²) in [5, 5.41) is 15.1. The van der Waals surface area contributed by atoms with Gasteiger partial charge in [-0.25, -0.2) is 14.2 Å². The van der Waals surface area contributed by atoms with Crippen molar-refractivity contribution in [2.75, 3.05) is 24.6 Å². The summed E-state index contributed by atoms with van der Waals surface area (Å²) in [6.45, 7) is 1.49. The van der Waals surface area contributed by atoms with Gasteiger partial charge < -0.3 is 20.6 Å². The quantitative estimate of drug-likeness (QED) is 0.781. The topological polar surface area (TPSA) is 77.5 Å². The van der Waals surface area contributed by atoms with Crippen LogP contribution in [-0.2, 0) is 0 Å². The van der Waals surface area contributed by atoms with E-state index in [0.717, 1.165) is 32.1 Å². The van der Waals surface area contributed by atoms with Crippen molar-refractivity contribution in [2.45, 2.75) is 44.2 Å². The van der Waals surface area contributed by atoms with Crippen LogP contribution in [0, 0.1) is 11.7 Å². The Hall–Kier alpha value is -1.89. The van der Waals surface area contributed by atoms with Crippen LogP contribution in [0.3, 0.4) is 0 Å². The number of amides is 2. The van der Waals surface area contributed by atoms with Crippen LogP contribution in [0.15, 0.2) is 18.3 Å². The second-order valence-corrected chi connectivity index (χ2v) is 6.76. The number of carbonyl (C=O) groups is 1. The largest absolute Gasteiger partial charge is 0.396 e. The van der Waals surface area contributed by atoms with Gasteiger partial charge >= 0.3 is 6.03 Å². The molecule has 1 saturated carbocycles. The maximum absolute atomic E-state index is 13.8. The lowest BCUT2D eigenvalue weighted by Gasteiger charge is -2.28. The summed E-state index contributed by atoms with van der Waals surface area (Å²) in [7, 11) is 0. The molecule has 1 aromatic heterocycles. The average Bonchev–Trinajstić information content (AvgIpc) is 3.04. The molecule has 3 N–H and O–H groups in total. The van der Waals surface area contributed by atoms with E-state index in [1.807, 2.05) is 4.90 Å². The molecule has 1 aliphatic carbocycles. The van der Waals surface area contributed by atoms with E-state index in [9.17, 15) is 9.18 Å². The number of halogens is 1. The fourth-order valence-corrected chi connectivity index (χ4v) is 3.58. The Bertz CT molecular complexity index is 563. The van der Waals surface area contributed by atoms with E-state index in [-0.39, 0.29) is 30.5 Å². The zero-order chi connectivity index (χ0) is 16.9. The molecule has 2 fully saturated rings. The molecule has 0 bridgehead atoms. The van der Waals surface area contributed by atoms with Crippen LogP contribution in [0.1, 0.15) is 32.1 Å². The molecule has 1 aliphatic heterocycles. The van der Waals surface area contributed by atoms with Gasteiger partial charge in [0, 0.05) is 38.0 Å². The zero-order valence-electron chi connectivity index (χ0n) is 13.7. The molecule has 0 aromatic carbocycles. The Morgan fingerprint density at radius 3 is 2.71 bits per heavy atom. The van der Waals surface area contributed by atoms with Gasteiger partial charge in [0.15, 0.2) is 11.6 Å². The number of aliphatic hydroxyl groups excluding tert-OH is 1. The highest BCUT2D eigenvalue weighted by molar-refractivity contribution is 5.74. The first-order valence-corrected chi connectivity index (χ1v) is 8.69. The maximum atomic E-state index is 13.8. The van der Waals surface area contributed by atoms with Crippen LogP contribution in [0.25, 0.3) is 0 Å². The highest BCUT2D eigenvalue weighted by Gasteiger charge is 2.27. The third-order valence-electron chi connectivity index (χ3n) is 5.00. The molecule has 2 heterocycles. The minimum atomic E-state index is -0.330. The molecule has 132 valence electrons. The lowest BCUT2D eigenvalue weighted by molar-refractivity contribution is 0.174. The maximum Gasteiger partial charge on any atom is 0.315 e. The number of nitrogens with zero attached hydrogens (tertiary/aromatic N) is 2. The second kappa shape index (κ2) is 7.79. The molecule has 1 unspecified atom stereocenters. The van der Waals surface area contributed by atoms with Gasteiger partial charge in [0.25, 0.3) is 0 Å². The van der Waals surface area contributed by atoms with Gasteiger partial charge in [-0.3, -0.25) is 0 Å². The fourth-order valence-electron chi connectivity index (χ4n) is 3.58. The first-order valence-electron chi connectivity index (χ1n) is 8.69. The molecule has 1 saturated heterocycles. The summed E-state index contributed by atoms with van der Waals surface area (Å²) in [4.78, 5) is 18.1. The Morgan fingerprint density at radius 2 is 2.00 bits per heavy atom. The molecular formula is C17H25FN4O2. The monoisotopic (exact) mass is 336 g/mol. The van der Waals surface area contributed by atoms with Crippen LogP contribution in [-0.4, -0.2) is 47.9 Å². The van der Waals surface area contributed by atoms with Gasteiger partial charge in [0.05, 0.1) is 0 Å². The Kier molecular flexibility index (Phi) is 5.50. The average molecular weight is 336 g/mol. The predicted octanol–water partition coefficient (Wildman–Crippen LogP) is 1.65. The van der Waals surface area contributed by atoms with Crippen molar-refractivity contribution >= 4 is 11.8 Å². The smallest absolute Gasteiger partial charge is 0.315 e. The molecule has 24 heavy (non-hydrogen) atoms. The van der Waals surface area contributed by atoms with Crippen LogP contribution in [0.5, 0.6) is 0 Å². The van der Waals surface area contributed by atoms with Crippen molar-refractivity contribution in [1.82, 2.24) is 15.6 Å². The first-order chi connectivity index (χ1) is 11.7. The number of carbonyl (C=O) groups excluding carboxylic acids is 1. The number of hydrogen-bond acceptors (Lipinski definition) is 4. The number of hydrogen-bond donors (Lipinski definition) is 3. The number of anilines is 1. The molecule has 2 aliphatic rings. The zero-order valence-corrected chi connectivity index (χ0v) is 13.7. The lowest BCUT2D eigenvalue weighted by atomic mass is 9.87. The van der Waals surface area contributed by atoms with E-state index in [1.54, 1.807) is 12.3 Å². The predicted molar refractivity (Wildman–Crippen MR) is 89.3 cm³/mol. The summed E-state index contributed by atoms with van der Waals surface area (Å²) in [6, 6.07) is 3.00. The van der Waals surface area contributed by atoms with Crippen LogP contribution in [0.2, 0.25) is 0 Å². The number of nitrogens with one attached hydrogen (secondary N) is 2. The second-order valence-electron chi connectivity index (χ2n) is 6.76.